The molecule has 0 heterocycles. The Hall–Kier alpha value is -2.20. The van der Waals surface area contributed by atoms with E-state index in [0.29, 0.717) is 4.90 Å². The van der Waals surface area contributed by atoms with Crippen LogP contribution in [0.2, 0.25) is 0 Å². The Morgan fingerprint density at radius 3 is 1.74 bits per heavy atom. The van der Waals surface area contributed by atoms with Gasteiger partial charge in [0.25, 0.3) is 0 Å². The molecule has 0 saturated heterocycles. The van der Waals surface area contributed by atoms with E-state index in [1.807, 2.05) is 0 Å². The maximum absolute atomic E-state index is 10.9. The number of aliphatic carboxylic acids is 4. The fourth-order valence-electron chi connectivity index (χ4n) is 1.36. The van der Waals surface area contributed by atoms with Gasteiger partial charge in [0, 0.05) is 6.54 Å². The van der Waals surface area contributed by atoms with Gasteiger partial charge in [0.2, 0.25) is 0 Å². The molecule has 2 atom stereocenters. The van der Waals surface area contributed by atoms with E-state index in [2.05, 4.69) is 0 Å². The summed E-state index contributed by atoms with van der Waals surface area (Å²) in [4.78, 5) is 43.0. The van der Waals surface area contributed by atoms with Crippen LogP contribution in [0.25, 0.3) is 0 Å². The molecule has 0 rings (SSSR count). The third-order valence-electron chi connectivity index (χ3n) is 2.15. The minimum absolute atomic E-state index is 0.525. The van der Waals surface area contributed by atoms with Crippen LogP contribution in [-0.2, 0) is 19.2 Å². The summed E-state index contributed by atoms with van der Waals surface area (Å²) < 4.78 is 0. The van der Waals surface area contributed by atoms with Gasteiger partial charge in [-0.1, -0.05) is 0 Å². The van der Waals surface area contributed by atoms with Crippen LogP contribution in [0.3, 0.4) is 0 Å². The van der Waals surface area contributed by atoms with Crippen LogP contribution in [0.1, 0.15) is 6.42 Å². The van der Waals surface area contributed by atoms with Gasteiger partial charge < -0.3 is 25.5 Å². The first-order chi connectivity index (χ1) is 8.66. The van der Waals surface area contributed by atoms with Crippen molar-refractivity contribution < 1.29 is 44.7 Å². The summed E-state index contributed by atoms with van der Waals surface area (Å²) in [6.07, 6.45) is -2.96. The predicted octanol–water partition coefficient (Wildman–Crippen LogP) is -2.25. The molecule has 1 unspecified atom stereocenters. The molecule has 0 aliphatic heterocycles. The minimum atomic E-state index is -2.37. The lowest BCUT2D eigenvalue weighted by atomic mass is 10.1. The molecule has 0 saturated carbocycles. The van der Waals surface area contributed by atoms with Gasteiger partial charge in [-0.25, -0.2) is 4.79 Å². The average Bonchev–Trinajstić information content (AvgIpc) is 2.24. The first-order valence-electron chi connectivity index (χ1n) is 4.98. The quantitative estimate of drug-likeness (QED) is 0.310. The molecule has 0 amide bonds. The Kier molecular flexibility index (Phi) is 6.44. The van der Waals surface area contributed by atoms with Crippen LogP contribution in [0.5, 0.6) is 0 Å². The van der Waals surface area contributed by atoms with Crippen LogP contribution in [0.4, 0.5) is 0 Å². The van der Waals surface area contributed by atoms with Crippen LogP contribution in [-0.4, -0.2) is 79.5 Å². The SMILES string of the molecule is O=C(O)CCN(CC(=O)O)[C@H](C(=O)O)C(O)C(=O)O. The van der Waals surface area contributed by atoms with E-state index >= 15 is 0 Å². The van der Waals surface area contributed by atoms with Crippen LogP contribution < -0.4 is 0 Å². The maximum atomic E-state index is 10.9. The first-order valence-corrected chi connectivity index (χ1v) is 4.98. The van der Waals surface area contributed by atoms with Crippen molar-refractivity contribution in [3.63, 3.8) is 0 Å². The molecule has 0 aliphatic carbocycles. The fraction of sp³-hybridized carbons (Fsp3) is 0.556. The third-order valence-corrected chi connectivity index (χ3v) is 2.15. The van der Waals surface area contributed by atoms with E-state index in [1.165, 1.54) is 0 Å². The number of carboxylic acids is 4. The molecule has 0 aliphatic rings. The molecule has 10 heteroatoms. The second-order valence-corrected chi connectivity index (χ2v) is 3.57. The number of aliphatic hydroxyl groups is 1. The lowest BCUT2D eigenvalue weighted by Crippen LogP contribution is -2.54. The van der Waals surface area contributed by atoms with E-state index in [4.69, 9.17) is 20.4 Å². The zero-order valence-corrected chi connectivity index (χ0v) is 9.59. The summed E-state index contributed by atoms with van der Waals surface area (Å²) in [7, 11) is 0. The smallest absolute Gasteiger partial charge is 0.334 e. The number of aliphatic hydroxyl groups excluding tert-OH is 1. The van der Waals surface area contributed by atoms with E-state index < -0.39 is 55.5 Å². The Balaban J connectivity index is 5.11. The topological polar surface area (TPSA) is 173 Å². The summed E-state index contributed by atoms with van der Waals surface area (Å²) in [5.74, 6) is -6.40. The van der Waals surface area contributed by atoms with Gasteiger partial charge in [-0.05, 0) is 0 Å². The molecule has 0 bridgehead atoms. The van der Waals surface area contributed by atoms with E-state index in [9.17, 15) is 24.3 Å². The van der Waals surface area contributed by atoms with Crippen LogP contribution >= 0.6 is 0 Å². The highest BCUT2D eigenvalue weighted by Crippen LogP contribution is 2.08. The number of hydrogen-bond donors (Lipinski definition) is 5. The molecule has 5 N–H and O–H groups in total. The molecule has 0 aromatic rings. The van der Waals surface area contributed by atoms with Gasteiger partial charge in [0.15, 0.2) is 6.10 Å². The summed E-state index contributed by atoms with van der Waals surface area (Å²) in [5, 5.41) is 43.7. The highest BCUT2D eigenvalue weighted by atomic mass is 16.4. The van der Waals surface area contributed by atoms with Crippen molar-refractivity contribution >= 4 is 23.9 Å². The van der Waals surface area contributed by atoms with E-state index in [-0.39, 0.29) is 0 Å². The van der Waals surface area contributed by atoms with E-state index in [1.54, 1.807) is 0 Å². The molecule has 108 valence electrons. The number of nitrogens with zero attached hydrogens (tertiary/aromatic N) is 1. The summed E-state index contributed by atoms with van der Waals surface area (Å²) in [5.41, 5.74) is 0. The van der Waals surface area contributed by atoms with Gasteiger partial charge in [0.1, 0.15) is 6.04 Å². The first kappa shape index (κ1) is 16.8. The predicted molar refractivity (Wildman–Crippen MR) is 56.5 cm³/mol. The normalized spacial score (nSPS) is 13.8. The summed E-state index contributed by atoms with van der Waals surface area (Å²) >= 11 is 0. The standard InChI is InChI=1S/C9H13NO9/c11-4(12)1-2-10(3-5(13)14)6(8(16)17)7(15)9(18)19/h6-7,15H,1-3H2,(H,11,12)(H,13,14)(H,16,17)(H,18,19)/t6-,7?/m0/s1. The van der Waals surface area contributed by atoms with Gasteiger partial charge in [-0.3, -0.25) is 19.3 Å². The van der Waals surface area contributed by atoms with Crippen molar-refractivity contribution in [2.45, 2.75) is 18.6 Å². The number of carboxylic acid groups (broad SMARTS) is 4. The van der Waals surface area contributed by atoms with E-state index in [0.717, 1.165) is 0 Å². The average molecular weight is 279 g/mol. The van der Waals surface area contributed by atoms with Gasteiger partial charge >= 0.3 is 23.9 Å². The Morgan fingerprint density at radius 1 is 0.895 bits per heavy atom. The van der Waals surface area contributed by atoms with Crippen molar-refractivity contribution in [1.29, 1.82) is 0 Å². The number of carbonyl (C=O) groups is 4. The molecular formula is C9H13NO9. The highest BCUT2D eigenvalue weighted by molar-refractivity contribution is 5.85. The van der Waals surface area contributed by atoms with Crippen molar-refractivity contribution in [3.05, 3.63) is 0 Å². The summed E-state index contributed by atoms with van der Waals surface area (Å²) in [6.45, 7) is -1.43. The molecular weight excluding hydrogens is 266 g/mol. The molecule has 19 heavy (non-hydrogen) atoms. The van der Waals surface area contributed by atoms with Gasteiger partial charge in [0.05, 0.1) is 13.0 Å². The van der Waals surface area contributed by atoms with Crippen LogP contribution in [0.15, 0.2) is 0 Å². The second-order valence-electron chi connectivity index (χ2n) is 3.57. The third kappa shape index (κ3) is 5.79. The zero-order chi connectivity index (χ0) is 15.2. The largest absolute Gasteiger partial charge is 0.481 e. The maximum Gasteiger partial charge on any atom is 0.334 e. The van der Waals surface area contributed by atoms with Crippen molar-refractivity contribution in [2.24, 2.45) is 0 Å². The minimum Gasteiger partial charge on any atom is -0.481 e. The molecule has 10 nitrogen and oxygen atoms in total. The Bertz CT molecular complexity index is 380. The molecule has 0 aromatic heterocycles. The lowest BCUT2D eigenvalue weighted by molar-refractivity contribution is -0.163. The Labute approximate surface area is 106 Å². The van der Waals surface area contributed by atoms with Gasteiger partial charge in [-0.2, -0.15) is 0 Å². The summed E-state index contributed by atoms with van der Waals surface area (Å²) in [6, 6.07) is -2.05. The molecule has 0 spiro atoms. The highest BCUT2D eigenvalue weighted by Gasteiger charge is 2.38. The zero-order valence-electron chi connectivity index (χ0n) is 9.59. The number of hydrogen-bond acceptors (Lipinski definition) is 6. The van der Waals surface area contributed by atoms with Crippen LogP contribution in [0, 0.1) is 0 Å². The molecule has 0 radical (unpaired) electrons. The van der Waals surface area contributed by atoms with Crippen molar-refractivity contribution in [3.8, 4) is 0 Å². The number of rotatable bonds is 9. The Morgan fingerprint density at radius 2 is 1.42 bits per heavy atom. The lowest BCUT2D eigenvalue weighted by Gasteiger charge is -2.28. The molecule has 0 fully saturated rings. The van der Waals surface area contributed by atoms with Gasteiger partial charge in [-0.15, -0.1) is 0 Å². The van der Waals surface area contributed by atoms with Crippen molar-refractivity contribution in [1.82, 2.24) is 4.90 Å². The fourth-order valence-corrected chi connectivity index (χ4v) is 1.36. The second kappa shape index (κ2) is 7.28. The monoisotopic (exact) mass is 279 g/mol. The van der Waals surface area contributed by atoms with Crippen molar-refractivity contribution in [2.75, 3.05) is 13.1 Å². The molecule has 0 aromatic carbocycles.